The third-order valence-corrected chi connectivity index (χ3v) is 2.72. The van der Waals surface area contributed by atoms with Crippen LogP contribution in [0.25, 0.3) is 0 Å². The number of hydrogen-bond acceptors (Lipinski definition) is 4. The topological polar surface area (TPSA) is 49.8 Å². The number of nitrogens with one attached hydrogen (secondary N) is 2. The van der Waals surface area contributed by atoms with Gasteiger partial charge < -0.3 is 10.6 Å². The Hall–Kier alpha value is -2.10. The Balaban J connectivity index is 2.30. The molecule has 0 amide bonds. The summed E-state index contributed by atoms with van der Waals surface area (Å²) in [6.45, 7) is 6.13. The highest BCUT2D eigenvalue weighted by Crippen LogP contribution is 2.21. The van der Waals surface area contributed by atoms with Crippen molar-refractivity contribution in [2.45, 2.75) is 20.8 Å². The van der Waals surface area contributed by atoms with E-state index in [4.69, 9.17) is 0 Å². The normalized spacial score (nSPS) is 10.2. The number of rotatable bonds is 3. The van der Waals surface area contributed by atoms with Crippen molar-refractivity contribution in [3.63, 3.8) is 0 Å². The van der Waals surface area contributed by atoms with Crippen LogP contribution in [0.2, 0.25) is 0 Å². The Bertz CT molecular complexity index is 564. The van der Waals surface area contributed by atoms with Crippen LogP contribution < -0.4 is 10.6 Å². The van der Waals surface area contributed by atoms with Crippen LogP contribution >= 0.6 is 0 Å². The molecule has 0 saturated carbocycles. The Labute approximate surface area is 107 Å². The lowest BCUT2D eigenvalue weighted by Gasteiger charge is -2.11. The Morgan fingerprint density at radius 2 is 1.78 bits per heavy atom. The molecule has 2 N–H and O–H groups in total. The van der Waals surface area contributed by atoms with Crippen LogP contribution in [0.5, 0.6) is 0 Å². The van der Waals surface area contributed by atoms with Crippen LogP contribution in [0.1, 0.15) is 16.8 Å². The number of anilines is 3. The molecule has 0 radical (unpaired) electrons. The molecule has 1 heterocycles. The van der Waals surface area contributed by atoms with Crippen molar-refractivity contribution in [3.8, 4) is 0 Å². The fourth-order valence-corrected chi connectivity index (χ4v) is 1.84. The van der Waals surface area contributed by atoms with Gasteiger partial charge in [0, 0.05) is 24.5 Å². The smallest absolute Gasteiger partial charge is 0.224 e. The molecule has 1 aromatic heterocycles. The molecule has 4 nitrogen and oxygen atoms in total. The molecule has 2 rings (SSSR count). The second-order valence-corrected chi connectivity index (χ2v) is 4.41. The van der Waals surface area contributed by atoms with Crippen LogP contribution in [0, 0.1) is 20.8 Å². The van der Waals surface area contributed by atoms with E-state index in [0.29, 0.717) is 5.95 Å². The first kappa shape index (κ1) is 12.4. The molecule has 0 aliphatic carbocycles. The summed E-state index contributed by atoms with van der Waals surface area (Å²) in [5.74, 6) is 1.43. The SMILES string of the molecule is CNc1nc(C)cc(Nc2ccc(C)cc2C)n1. The minimum Gasteiger partial charge on any atom is -0.357 e. The monoisotopic (exact) mass is 242 g/mol. The van der Waals surface area contributed by atoms with Gasteiger partial charge in [-0.25, -0.2) is 4.98 Å². The minimum absolute atomic E-state index is 0.627. The lowest BCUT2D eigenvalue weighted by Crippen LogP contribution is -2.02. The number of nitrogens with zero attached hydrogens (tertiary/aromatic N) is 2. The van der Waals surface area contributed by atoms with Crippen molar-refractivity contribution in [2.24, 2.45) is 0 Å². The fraction of sp³-hybridized carbons (Fsp3) is 0.286. The third kappa shape index (κ3) is 2.77. The van der Waals surface area contributed by atoms with Crippen LogP contribution in [-0.4, -0.2) is 17.0 Å². The molecule has 0 spiro atoms. The molecule has 0 atom stereocenters. The van der Waals surface area contributed by atoms with Gasteiger partial charge in [0.2, 0.25) is 5.95 Å². The summed E-state index contributed by atoms with van der Waals surface area (Å²) >= 11 is 0. The predicted molar refractivity (Wildman–Crippen MR) is 75.5 cm³/mol. The maximum absolute atomic E-state index is 4.38. The summed E-state index contributed by atoms with van der Waals surface area (Å²) in [5, 5.41) is 6.28. The molecular formula is C14H18N4. The van der Waals surface area contributed by atoms with E-state index in [-0.39, 0.29) is 0 Å². The summed E-state index contributed by atoms with van der Waals surface area (Å²) in [7, 11) is 1.82. The van der Waals surface area contributed by atoms with Crippen LogP contribution in [0.3, 0.4) is 0 Å². The summed E-state index contributed by atoms with van der Waals surface area (Å²) in [6, 6.07) is 8.24. The number of aryl methyl sites for hydroxylation is 3. The lowest BCUT2D eigenvalue weighted by molar-refractivity contribution is 1.10. The second kappa shape index (κ2) is 5.04. The van der Waals surface area contributed by atoms with Gasteiger partial charge >= 0.3 is 0 Å². The quantitative estimate of drug-likeness (QED) is 0.868. The summed E-state index contributed by atoms with van der Waals surface area (Å²) < 4.78 is 0. The van der Waals surface area contributed by atoms with E-state index >= 15 is 0 Å². The first-order valence-corrected chi connectivity index (χ1v) is 5.96. The molecule has 0 saturated heterocycles. The lowest BCUT2D eigenvalue weighted by atomic mass is 10.1. The molecule has 1 aromatic carbocycles. The maximum atomic E-state index is 4.38. The molecule has 0 unspecified atom stereocenters. The van der Waals surface area contributed by atoms with Crippen LogP contribution in [0.15, 0.2) is 24.3 Å². The Morgan fingerprint density at radius 1 is 1.00 bits per heavy atom. The van der Waals surface area contributed by atoms with E-state index in [1.54, 1.807) is 0 Å². The molecule has 18 heavy (non-hydrogen) atoms. The molecule has 0 aliphatic rings. The van der Waals surface area contributed by atoms with E-state index in [2.05, 4.69) is 52.6 Å². The average molecular weight is 242 g/mol. The zero-order valence-electron chi connectivity index (χ0n) is 11.2. The van der Waals surface area contributed by atoms with Gasteiger partial charge in [-0.3, -0.25) is 0 Å². The molecular weight excluding hydrogens is 224 g/mol. The van der Waals surface area contributed by atoms with Crippen molar-refractivity contribution in [2.75, 3.05) is 17.7 Å². The van der Waals surface area contributed by atoms with Crippen molar-refractivity contribution in [1.29, 1.82) is 0 Å². The van der Waals surface area contributed by atoms with Crippen molar-refractivity contribution in [3.05, 3.63) is 41.1 Å². The first-order chi connectivity index (χ1) is 8.58. The minimum atomic E-state index is 0.627. The van der Waals surface area contributed by atoms with Gasteiger partial charge in [-0.2, -0.15) is 4.98 Å². The second-order valence-electron chi connectivity index (χ2n) is 4.41. The largest absolute Gasteiger partial charge is 0.357 e. The molecule has 4 heteroatoms. The van der Waals surface area contributed by atoms with Crippen LogP contribution in [0.4, 0.5) is 17.5 Å². The van der Waals surface area contributed by atoms with E-state index < -0.39 is 0 Å². The summed E-state index contributed by atoms with van der Waals surface area (Å²) in [4.78, 5) is 8.65. The fourth-order valence-electron chi connectivity index (χ4n) is 1.84. The van der Waals surface area contributed by atoms with Gasteiger partial charge in [-0.15, -0.1) is 0 Å². The molecule has 0 fully saturated rings. The Kier molecular flexibility index (Phi) is 3.46. The van der Waals surface area contributed by atoms with E-state index in [0.717, 1.165) is 17.2 Å². The zero-order chi connectivity index (χ0) is 13.1. The van der Waals surface area contributed by atoms with E-state index in [9.17, 15) is 0 Å². The van der Waals surface area contributed by atoms with Gasteiger partial charge in [-0.1, -0.05) is 17.7 Å². The van der Waals surface area contributed by atoms with Gasteiger partial charge in [0.15, 0.2) is 0 Å². The van der Waals surface area contributed by atoms with E-state index in [1.807, 2.05) is 20.0 Å². The van der Waals surface area contributed by atoms with Crippen molar-refractivity contribution < 1.29 is 0 Å². The maximum Gasteiger partial charge on any atom is 0.224 e. The predicted octanol–water partition coefficient (Wildman–Crippen LogP) is 3.19. The molecule has 94 valence electrons. The first-order valence-electron chi connectivity index (χ1n) is 5.96. The van der Waals surface area contributed by atoms with Gasteiger partial charge in [0.05, 0.1) is 0 Å². The van der Waals surface area contributed by atoms with Crippen molar-refractivity contribution >= 4 is 17.5 Å². The van der Waals surface area contributed by atoms with Crippen molar-refractivity contribution in [1.82, 2.24) is 9.97 Å². The van der Waals surface area contributed by atoms with Gasteiger partial charge in [0.25, 0.3) is 0 Å². The Morgan fingerprint density at radius 3 is 2.44 bits per heavy atom. The van der Waals surface area contributed by atoms with Crippen LogP contribution in [-0.2, 0) is 0 Å². The number of benzene rings is 1. The summed E-state index contributed by atoms with van der Waals surface area (Å²) in [6.07, 6.45) is 0. The van der Waals surface area contributed by atoms with Gasteiger partial charge in [0.1, 0.15) is 5.82 Å². The number of aromatic nitrogens is 2. The molecule has 0 aliphatic heterocycles. The molecule has 0 bridgehead atoms. The summed E-state index contributed by atoms with van der Waals surface area (Å²) in [5.41, 5.74) is 4.47. The zero-order valence-corrected chi connectivity index (χ0v) is 11.2. The molecule has 2 aromatic rings. The van der Waals surface area contributed by atoms with Gasteiger partial charge in [-0.05, 0) is 32.4 Å². The highest BCUT2D eigenvalue weighted by Gasteiger charge is 2.03. The standard InChI is InChI=1S/C14H18N4/c1-9-5-6-12(10(2)7-9)17-13-8-11(3)16-14(15-4)18-13/h5-8H,1-4H3,(H2,15,16,17,18). The van der Waals surface area contributed by atoms with E-state index in [1.165, 1.54) is 11.1 Å². The number of hydrogen-bond donors (Lipinski definition) is 2. The average Bonchev–Trinajstić information content (AvgIpc) is 2.32. The highest BCUT2D eigenvalue weighted by atomic mass is 15.1. The third-order valence-electron chi connectivity index (χ3n) is 2.72. The highest BCUT2D eigenvalue weighted by molar-refractivity contribution is 5.61.